The second-order valence-electron chi connectivity index (χ2n) is 6.76. The first-order chi connectivity index (χ1) is 12.5. The number of amides is 1. The summed E-state index contributed by atoms with van der Waals surface area (Å²) in [5.74, 6) is 0.638. The predicted molar refractivity (Wildman–Crippen MR) is 103 cm³/mol. The molecule has 1 aromatic carbocycles. The summed E-state index contributed by atoms with van der Waals surface area (Å²) in [4.78, 5) is 17.1. The van der Waals surface area contributed by atoms with Crippen LogP contribution < -0.4 is 10.1 Å². The van der Waals surface area contributed by atoms with E-state index in [1.165, 1.54) is 0 Å². The monoisotopic (exact) mass is 351 g/mol. The highest BCUT2D eigenvalue weighted by Crippen LogP contribution is 2.35. The van der Waals surface area contributed by atoms with Crippen LogP contribution in [-0.4, -0.2) is 28.4 Å². The maximum atomic E-state index is 12.6. The number of nitrogens with zero attached hydrogens (tertiary/aromatic N) is 2. The van der Waals surface area contributed by atoms with Gasteiger partial charge in [-0.1, -0.05) is 24.3 Å². The molecule has 0 aliphatic heterocycles. The van der Waals surface area contributed by atoms with Gasteiger partial charge in [0.2, 0.25) is 5.91 Å². The summed E-state index contributed by atoms with van der Waals surface area (Å²) in [5.41, 5.74) is 3.93. The van der Waals surface area contributed by atoms with Gasteiger partial charge in [0.1, 0.15) is 11.4 Å². The average Bonchev–Trinajstić information content (AvgIpc) is 3.04. The molecule has 0 saturated carbocycles. The van der Waals surface area contributed by atoms with E-state index in [9.17, 15) is 4.79 Å². The molecule has 136 valence electrons. The Morgan fingerprint density at radius 3 is 2.69 bits per heavy atom. The van der Waals surface area contributed by atoms with E-state index in [0.29, 0.717) is 6.42 Å². The molecule has 0 bridgehead atoms. The number of methoxy groups -OCH3 is 1. The van der Waals surface area contributed by atoms with Crippen LogP contribution in [-0.2, 0) is 4.79 Å². The highest BCUT2D eigenvalue weighted by atomic mass is 16.5. The molecule has 0 aliphatic carbocycles. The lowest BCUT2D eigenvalue weighted by molar-refractivity contribution is -0.121. The zero-order valence-corrected chi connectivity index (χ0v) is 15.7. The molecule has 5 nitrogen and oxygen atoms in total. The number of pyridine rings is 1. The number of nitrogens with one attached hydrogen (secondary N) is 1. The van der Waals surface area contributed by atoms with Gasteiger partial charge >= 0.3 is 0 Å². The first kappa shape index (κ1) is 18.0. The third kappa shape index (κ3) is 3.57. The van der Waals surface area contributed by atoms with Gasteiger partial charge in [-0.25, -0.2) is 4.98 Å². The quantitative estimate of drug-likeness (QED) is 0.737. The van der Waals surface area contributed by atoms with Crippen molar-refractivity contribution in [2.75, 3.05) is 7.11 Å². The number of carbonyl (C=O) groups excluding carboxylic acids is 1. The largest absolute Gasteiger partial charge is 0.496 e. The van der Waals surface area contributed by atoms with Crippen LogP contribution in [0.3, 0.4) is 0 Å². The molecule has 1 unspecified atom stereocenters. The number of benzene rings is 1. The molecule has 3 rings (SSSR count). The fourth-order valence-electron chi connectivity index (χ4n) is 3.37. The number of imidazole rings is 1. The van der Waals surface area contributed by atoms with Crippen LogP contribution in [0.5, 0.6) is 5.75 Å². The van der Waals surface area contributed by atoms with Crippen molar-refractivity contribution in [2.45, 2.75) is 39.2 Å². The lowest BCUT2D eigenvalue weighted by Crippen LogP contribution is -2.31. The molecule has 26 heavy (non-hydrogen) atoms. The van der Waals surface area contributed by atoms with Crippen LogP contribution in [0.4, 0.5) is 0 Å². The van der Waals surface area contributed by atoms with Gasteiger partial charge in [-0.2, -0.15) is 0 Å². The number of carbonyl (C=O) groups is 1. The van der Waals surface area contributed by atoms with Crippen molar-refractivity contribution in [3.8, 4) is 5.75 Å². The topological polar surface area (TPSA) is 55.6 Å². The molecule has 0 fully saturated rings. The van der Waals surface area contributed by atoms with Crippen molar-refractivity contribution < 1.29 is 9.53 Å². The van der Waals surface area contributed by atoms with Gasteiger partial charge in [-0.3, -0.25) is 4.79 Å². The number of fused-ring (bicyclic) bond motifs is 1. The Morgan fingerprint density at radius 1 is 1.19 bits per heavy atom. The first-order valence-corrected chi connectivity index (χ1v) is 8.86. The van der Waals surface area contributed by atoms with Crippen LogP contribution in [0.1, 0.15) is 43.1 Å². The van der Waals surface area contributed by atoms with E-state index in [0.717, 1.165) is 28.3 Å². The lowest BCUT2D eigenvalue weighted by Gasteiger charge is -2.21. The summed E-state index contributed by atoms with van der Waals surface area (Å²) >= 11 is 0. The van der Waals surface area contributed by atoms with E-state index in [1.54, 1.807) is 7.11 Å². The Labute approximate surface area is 154 Å². The number of aromatic nitrogens is 2. The minimum atomic E-state index is -0.152. The Balaban J connectivity index is 2.12. The number of para-hydroxylation sites is 1. The van der Waals surface area contributed by atoms with Gasteiger partial charge in [-0.15, -0.1) is 0 Å². The van der Waals surface area contributed by atoms with Crippen LogP contribution >= 0.6 is 0 Å². The second-order valence-corrected chi connectivity index (χ2v) is 6.76. The average molecular weight is 351 g/mol. The molecule has 0 spiro atoms. The maximum Gasteiger partial charge on any atom is 0.221 e. The van der Waals surface area contributed by atoms with E-state index in [-0.39, 0.29) is 17.9 Å². The van der Waals surface area contributed by atoms with Gasteiger partial charge in [0.25, 0.3) is 0 Å². The molecule has 1 atom stereocenters. The van der Waals surface area contributed by atoms with Gasteiger partial charge < -0.3 is 14.5 Å². The normalized spacial score (nSPS) is 12.3. The molecule has 1 N–H and O–H groups in total. The summed E-state index contributed by atoms with van der Waals surface area (Å²) in [5, 5.41) is 3.00. The lowest BCUT2D eigenvalue weighted by atomic mass is 9.91. The predicted octanol–water partition coefficient (Wildman–Crippen LogP) is 3.70. The summed E-state index contributed by atoms with van der Waals surface area (Å²) in [6, 6.07) is 14.0. The van der Waals surface area contributed by atoms with E-state index in [1.807, 2.05) is 69.4 Å². The Morgan fingerprint density at radius 2 is 1.96 bits per heavy atom. The van der Waals surface area contributed by atoms with Crippen molar-refractivity contribution in [3.63, 3.8) is 0 Å². The van der Waals surface area contributed by atoms with Crippen molar-refractivity contribution in [3.05, 3.63) is 65.6 Å². The van der Waals surface area contributed by atoms with E-state index in [2.05, 4.69) is 14.7 Å². The molecule has 0 saturated heterocycles. The number of rotatable bonds is 6. The summed E-state index contributed by atoms with van der Waals surface area (Å²) in [7, 11) is 1.66. The van der Waals surface area contributed by atoms with Gasteiger partial charge in [0, 0.05) is 35.8 Å². The molecular weight excluding hydrogens is 326 g/mol. The fraction of sp³-hybridized carbons (Fsp3) is 0.333. The fourth-order valence-corrected chi connectivity index (χ4v) is 3.37. The van der Waals surface area contributed by atoms with Gasteiger partial charge in [-0.05, 0) is 39.0 Å². The smallest absolute Gasteiger partial charge is 0.221 e. The Bertz CT molecular complexity index is 915. The molecule has 2 heterocycles. The van der Waals surface area contributed by atoms with Crippen LogP contribution in [0.2, 0.25) is 0 Å². The Hall–Kier alpha value is -2.82. The molecular formula is C21H25N3O2. The maximum absolute atomic E-state index is 12.6. The second kappa shape index (κ2) is 7.60. The first-order valence-electron chi connectivity index (χ1n) is 8.86. The zero-order valence-electron chi connectivity index (χ0n) is 15.7. The third-order valence-electron chi connectivity index (χ3n) is 4.46. The number of hydrogen-bond acceptors (Lipinski definition) is 3. The van der Waals surface area contributed by atoms with Crippen LogP contribution in [0.25, 0.3) is 5.65 Å². The molecule has 3 aromatic rings. The number of aryl methyl sites for hydroxylation is 1. The third-order valence-corrected chi connectivity index (χ3v) is 4.46. The van der Waals surface area contributed by atoms with Gasteiger partial charge in [0.15, 0.2) is 0 Å². The summed E-state index contributed by atoms with van der Waals surface area (Å²) in [6.07, 6.45) is 2.20. The van der Waals surface area contributed by atoms with E-state index in [4.69, 9.17) is 4.74 Å². The standard InChI is InChI=1S/C21H25N3O2/c1-14(2)23-21(25)12-17(16-9-5-6-10-19(16)26-4)18-13-22-20-11-7-8-15(3)24(18)20/h5-11,13-14,17H,12H2,1-4H3,(H,23,25). The van der Waals surface area contributed by atoms with Crippen molar-refractivity contribution in [1.82, 2.24) is 14.7 Å². The molecule has 5 heteroatoms. The van der Waals surface area contributed by atoms with Gasteiger partial charge in [0.05, 0.1) is 12.8 Å². The minimum Gasteiger partial charge on any atom is -0.496 e. The Kier molecular flexibility index (Phi) is 5.26. The SMILES string of the molecule is COc1ccccc1C(CC(=O)NC(C)C)c1cnc2cccc(C)n12. The molecule has 2 aromatic heterocycles. The van der Waals surface area contributed by atoms with E-state index >= 15 is 0 Å². The summed E-state index contributed by atoms with van der Waals surface area (Å²) < 4.78 is 7.68. The minimum absolute atomic E-state index is 0.0134. The number of hydrogen-bond donors (Lipinski definition) is 1. The van der Waals surface area contributed by atoms with Crippen LogP contribution in [0, 0.1) is 6.92 Å². The summed E-state index contributed by atoms with van der Waals surface area (Å²) in [6.45, 7) is 5.98. The van der Waals surface area contributed by atoms with Crippen molar-refractivity contribution in [1.29, 1.82) is 0 Å². The van der Waals surface area contributed by atoms with Crippen LogP contribution in [0.15, 0.2) is 48.7 Å². The molecule has 0 aliphatic rings. The van der Waals surface area contributed by atoms with E-state index < -0.39 is 0 Å². The van der Waals surface area contributed by atoms with Crippen molar-refractivity contribution in [2.24, 2.45) is 0 Å². The molecule has 1 amide bonds. The molecule has 0 radical (unpaired) electrons. The van der Waals surface area contributed by atoms with Crippen molar-refractivity contribution >= 4 is 11.6 Å². The zero-order chi connectivity index (χ0) is 18.7. The highest BCUT2D eigenvalue weighted by Gasteiger charge is 2.25. The highest BCUT2D eigenvalue weighted by molar-refractivity contribution is 5.78. The number of ether oxygens (including phenoxy) is 1.